The Morgan fingerprint density at radius 1 is 0.808 bits per heavy atom. The zero-order valence-corrected chi connectivity index (χ0v) is 16.8. The van der Waals surface area contributed by atoms with Crippen LogP contribution in [0.1, 0.15) is 113 Å². The number of rotatable bonds is 14. The van der Waals surface area contributed by atoms with Gasteiger partial charge in [0.25, 0.3) is 0 Å². The van der Waals surface area contributed by atoms with Crippen molar-refractivity contribution in [3.05, 3.63) is 35.4 Å². The highest BCUT2D eigenvalue weighted by Gasteiger charge is 2.25. The fourth-order valence-electron chi connectivity index (χ4n) is 3.95. The molecule has 0 saturated heterocycles. The Labute approximate surface area is 160 Å². The van der Waals surface area contributed by atoms with Crippen LogP contribution in [-0.2, 0) is 11.2 Å². The normalized spacial score (nSPS) is 16.3. The van der Waals surface area contributed by atoms with E-state index >= 15 is 0 Å². The molecular formula is C24H38O2. The maximum Gasteiger partial charge on any atom is 0.338 e. The van der Waals surface area contributed by atoms with Crippen LogP contribution in [0.2, 0.25) is 0 Å². The Kier molecular flexibility index (Phi) is 10.5. The molecule has 1 heterocycles. The van der Waals surface area contributed by atoms with E-state index < -0.39 is 0 Å². The maximum absolute atomic E-state index is 12.0. The van der Waals surface area contributed by atoms with E-state index in [1.54, 1.807) is 0 Å². The van der Waals surface area contributed by atoms with Crippen LogP contribution in [0.3, 0.4) is 0 Å². The molecule has 0 fully saturated rings. The van der Waals surface area contributed by atoms with E-state index in [0.717, 1.165) is 24.0 Å². The molecule has 26 heavy (non-hydrogen) atoms. The number of hydrogen-bond acceptors (Lipinski definition) is 2. The van der Waals surface area contributed by atoms with E-state index in [0.29, 0.717) is 0 Å². The summed E-state index contributed by atoms with van der Waals surface area (Å²) < 4.78 is 5.58. The lowest BCUT2D eigenvalue weighted by Crippen LogP contribution is -2.27. The minimum absolute atomic E-state index is 0.0881. The Morgan fingerprint density at radius 2 is 1.35 bits per heavy atom. The van der Waals surface area contributed by atoms with Gasteiger partial charge in [-0.15, -0.1) is 0 Å². The van der Waals surface area contributed by atoms with Crippen molar-refractivity contribution in [1.82, 2.24) is 0 Å². The minimum Gasteiger partial charge on any atom is -0.458 e. The molecule has 0 aromatic heterocycles. The molecule has 1 aliphatic heterocycles. The molecule has 1 aliphatic rings. The standard InChI is InChI=1S/C24H38O2/c1-2-3-4-5-6-7-8-9-10-11-12-13-14-18-22-20-21-17-15-16-19-23(21)24(25)26-22/h15-17,19,22H,2-14,18,20H2,1H3/t22-/m1/s1. The van der Waals surface area contributed by atoms with Gasteiger partial charge in [0.15, 0.2) is 0 Å². The number of carbonyl (C=O) groups excluding carboxylic acids is 1. The Morgan fingerprint density at radius 3 is 1.96 bits per heavy atom. The number of hydrogen-bond donors (Lipinski definition) is 0. The topological polar surface area (TPSA) is 26.3 Å². The predicted molar refractivity (Wildman–Crippen MR) is 110 cm³/mol. The molecule has 0 N–H and O–H groups in total. The molecular weight excluding hydrogens is 320 g/mol. The number of esters is 1. The van der Waals surface area contributed by atoms with Gasteiger partial charge in [-0.1, -0.05) is 102 Å². The number of ether oxygens (including phenoxy) is 1. The number of fused-ring (bicyclic) bond motifs is 1. The Hall–Kier alpha value is -1.31. The van der Waals surface area contributed by atoms with Gasteiger partial charge >= 0.3 is 5.97 Å². The van der Waals surface area contributed by atoms with Gasteiger partial charge in [0, 0.05) is 6.42 Å². The molecule has 2 rings (SSSR count). The quantitative estimate of drug-likeness (QED) is 0.258. The summed E-state index contributed by atoms with van der Waals surface area (Å²) >= 11 is 0. The van der Waals surface area contributed by atoms with Crippen molar-refractivity contribution in [2.75, 3.05) is 0 Å². The number of cyclic esters (lactones) is 1. The van der Waals surface area contributed by atoms with Crippen LogP contribution < -0.4 is 0 Å². The summed E-state index contributed by atoms with van der Waals surface area (Å²) in [6.07, 6.45) is 19.8. The smallest absolute Gasteiger partial charge is 0.338 e. The highest BCUT2D eigenvalue weighted by atomic mass is 16.5. The average molecular weight is 359 g/mol. The van der Waals surface area contributed by atoms with E-state index in [1.165, 1.54) is 83.5 Å². The van der Waals surface area contributed by atoms with Gasteiger partial charge in [-0.3, -0.25) is 0 Å². The van der Waals surface area contributed by atoms with Crippen molar-refractivity contribution in [2.24, 2.45) is 0 Å². The molecule has 1 atom stereocenters. The second kappa shape index (κ2) is 12.9. The van der Waals surface area contributed by atoms with Crippen molar-refractivity contribution in [3.8, 4) is 0 Å². The van der Waals surface area contributed by atoms with Gasteiger partial charge in [-0.25, -0.2) is 4.79 Å². The third-order valence-corrected chi connectivity index (χ3v) is 5.59. The Balaban J connectivity index is 1.41. The summed E-state index contributed by atoms with van der Waals surface area (Å²) in [4.78, 5) is 12.0. The predicted octanol–water partition coefficient (Wildman–Crippen LogP) is 7.25. The van der Waals surface area contributed by atoms with Crippen LogP contribution in [0.25, 0.3) is 0 Å². The SMILES string of the molecule is CCCCCCCCCCCCCCC[C@@H]1Cc2ccccc2C(=O)O1. The molecule has 2 nitrogen and oxygen atoms in total. The molecule has 0 aliphatic carbocycles. The first kappa shape index (κ1) is 21.0. The summed E-state index contributed by atoms with van der Waals surface area (Å²) in [6, 6.07) is 7.86. The van der Waals surface area contributed by atoms with E-state index in [2.05, 4.69) is 13.0 Å². The molecule has 0 unspecified atom stereocenters. The lowest BCUT2D eigenvalue weighted by Gasteiger charge is -2.24. The van der Waals surface area contributed by atoms with Gasteiger partial charge in [0.05, 0.1) is 5.56 Å². The minimum atomic E-state index is -0.133. The van der Waals surface area contributed by atoms with Gasteiger partial charge in [-0.05, 0) is 24.5 Å². The lowest BCUT2D eigenvalue weighted by molar-refractivity contribution is 0.0232. The number of benzene rings is 1. The van der Waals surface area contributed by atoms with Crippen LogP contribution in [0.15, 0.2) is 24.3 Å². The van der Waals surface area contributed by atoms with Crippen LogP contribution in [-0.4, -0.2) is 12.1 Å². The molecule has 2 heteroatoms. The average Bonchev–Trinajstić information content (AvgIpc) is 2.65. The van der Waals surface area contributed by atoms with Crippen LogP contribution >= 0.6 is 0 Å². The summed E-state index contributed by atoms with van der Waals surface area (Å²) in [5, 5.41) is 0. The van der Waals surface area contributed by atoms with E-state index in [-0.39, 0.29) is 12.1 Å². The van der Waals surface area contributed by atoms with Crippen LogP contribution in [0, 0.1) is 0 Å². The largest absolute Gasteiger partial charge is 0.458 e. The van der Waals surface area contributed by atoms with E-state index in [4.69, 9.17) is 4.74 Å². The molecule has 146 valence electrons. The summed E-state index contributed by atoms with van der Waals surface area (Å²) in [6.45, 7) is 2.28. The van der Waals surface area contributed by atoms with Crippen molar-refractivity contribution in [1.29, 1.82) is 0 Å². The molecule has 0 saturated carbocycles. The van der Waals surface area contributed by atoms with Gasteiger partial charge in [0.1, 0.15) is 6.10 Å². The van der Waals surface area contributed by atoms with Crippen molar-refractivity contribution in [2.45, 2.75) is 109 Å². The highest BCUT2D eigenvalue weighted by molar-refractivity contribution is 5.92. The van der Waals surface area contributed by atoms with Crippen molar-refractivity contribution >= 4 is 5.97 Å². The Bertz CT molecular complexity index is 509. The molecule has 0 bridgehead atoms. The first-order valence-electron chi connectivity index (χ1n) is 11.1. The van der Waals surface area contributed by atoms with Crippen molar-refractivity contribution in [3.63, 3.8) is 0 Å². The summed E-state index contributed by atoms with van der Waals surface area (Å²) in [5.74, 6) is -0.133. The van der Waals surface area contributed by atoms with E-state index in [1.807, 2.05) is 18.2 Å². The summed E-state index contributed by atoms with van der Waals surface area (Å²) in [7, 11) is 0. The first-order valence-corrected chi connectivity index (χ1v) is 11.1. The highest BCUT2D eigenvalue weighted by Crippen LogP contribution is 2.23. The number of unbranched alkanes of at least 4 members (excludes halogenated alkanes) is 12. The third-order valence-electron chi connectivity index (χ3n) is 5.59. The molecule has 0 radical (unpaired) electrons. The third kappa shape index (κ3) is 7.93. The lowest BCUT2D eigenvalue weighted by atomic mass is 9.95. The number of carbonyl (C=O) groups is 1. The fraction of sp³-hybridized carbons (Fsp3) is 0.708. The van der Waals surface area contributed by atoms with Gasteiger partial charge < -0.3 is 4.74 Å². The fourth-order valence-corrected chi connectivity index (χ4v) is 3.95. The molecule has 0 spiro atoms. The molecule has 1 aromatic rings. The summed E-state index contributed by atoms with van der Waals surface area (Å²) in [5.41, 5.74) is 1.91. The second-order valence-electron chi connectivity index (χ2n) is 7.92. The maximum atomic E-state index is 12.0. The zero-order chi connectivity index (χ0) is 18.5. The van der Waals surface area contributed by atoms with Crippen LogP contribution in [0.4, 0.5) is 0 Å². The van der Waals surface area contributed by atoms with Crippen molar-refractivity contribution < 1.29 is 9.53 Å². The van der Waals surface area contributed by atoms with Gasteiger partial charge in [0.2, 0.25) is 0 Å². The van der Waals surface area contributed by atoms with Gasteiger partial charge in [-0.2, -0.15) is 0 Å². The zero-order valence-electron chi connectivity index (χ0n) is 16.8. The second-order valence-corrected chi connectivity index (χ2v) is 7.92. The monoisotopic (exact) mass is 358 g/mol. The molecule has 1 aromatic carbocycles. The van der Waals surface area contributed by atoms with Crippen LogP contribution in [0.5, 0.6) is 0 Å². The van der Waals surface area contributed by atoms with E-state index in [9.17, 15) is 4.79 Å². The first-order chi connectivity index (χ1) is 12.8. The molecule has 0 amide bonds.